The number of hydrogen-bond acceptors (Lipinski definition) is 4. The zero-order valence-corrected chi connectivity index (χ0v) is 13.1. The van der Waals surface area contributed by atoms with Crippen LogP contribution in [0.1, 0.15) is 47.0 Å². The smallest absolute Gasteiger partial charge is 0.213 e. The van der Waals surface area contributed by atoms with Gasteiger partial charge in [0.1, 0.15) is 0 Å². The van der Waals surface area contributed by atoms with E-state index < -0.39 is 15.3 Å². The maximum atomic E-state index is 11.4. The molecule has 5 nitrogen and oxygen atoms in total. The molecule has 0 amide bonds. The van der Waals surface area contributed by atoms with Crippen molar-refractivity contribution in [2.75, 3.05) is 6.54 Å². The Balaban J connectivity index is 2.02. The number of piperidine rings is 1. The maximum absolute atomic E-state index is 11.4. The van der Waals surface area contributed by atoms with Crippen LogP contribution in [0.25, 0.3) is 0 Å². The van der Waals surface area contributed by atoms with Gasteiger partial charge in [0.2, 0.25) is 10.0 Å². The van der Waals surface area contributed by atoms with Gasteiger partial charge in [-0.25, -0.2) is 13.6 Å². The van der Waals surface area contributed by atoms with E-state index in [0.717, 1.165) is 12.8 Å². The minimum atomic E-state index is -3.42. The first-order valence-corrected chi connectivity index (χ1v) is 8.57. The van der Waals surface area contributed by atoms with Gasteiger partial charge in [-0.15, -0.1) is 0 Å². The van der Waals surface area contributed by atoms with Crippen LogP contribution < -0.4 is 10.5 Å². The van der Waals surface area contributed by atoms with Crippen molar-refractivity contribution in [3.8, 4) is 0 Å². The average Bonchev–Trinajstić information content (AvgIpc) is 2.45. The van der Waals surface area contributed by atoms with Gasteiger partial charge >= 0.3 is 0 Å². The molecule has 0 aliphatic carbocycles. The zero-order valence-electron chi connectivity index (χ0n) is 12.3. The topological polar surface area (TPSA) is 81.4 Å². The molecule has 2 saturated heterocycles. The fourth-order valence-corrected chi connectivity index (χ4v) is 4.50. The summed E-state index contributed by atoms with van der Waals surface area (Å²) in [6.07, 6.45) is 2.48. The van der Waals surface area contributed by atoms with Crippen LogP contribution in [-0.4, -0.2) is 37.5 Å². The van der Waals surface area contributed by atoms with Crippen LogP contribution in [0.4, 0.5) is 0 Å². The summed E-state index contributed by atoms with van der Waals surface area (Å²) < 4.78 is 28.8. The molecule has 2 fully saturated rings. The number of rotatable bonds is 2. The summed E-state index contributed by atoms with van der Waals surface area (Å²) in [6, 6.07) is 0.315. The van der Waals surface area contributed by atoms with Crippen molar-refractivity contribution < 1.29 is 13.2 Å². The van der Waals surface area contributed by atoms with Crippen molar-refractivity contribution in [1.82, 2.24) is 5.32 Å². The molecular weight excluding hydrogens is 264 g/mol. The Bertz CT molecular complexity index is 437. The number of nitrogens with two attached hydrogens (primary N) is 1. The third kappa shape index (κ3) is 3.29. The molecule has 0 bridgehead atoms. The summed E-state index contributed by atoms with van der Waals surface area (Å²) in [4.78, 5) is 0. The SMILES string of the molecule is CC1(C)CC(C2CCC(S(N)(=O)=O)CN2)C(C)(C)O1. The molecule has 0 aromatic carbocycles. The van der Waals surface area contributed by atoms with Gasteiger partial charge in [0.25, 0.3) is 0 Å². The van der Waals surface area contributed by atoms with Gasteiger partial charge in [-0.1, -0.05) is 0 Å². The molecule has 3 atom stereocenters. The monoisotopic (exact) mass is 290 g/mol. The highest BCUT2D eigenvalue weighted by atomic mass is 32.2. The molecule has 0 saturated carbocycles. The summed E-state index contributed by atoms with van der Waals surface area (Å²) in [5.41, 5.74) is -0.276. The molecule has 2 aliphatic heterocycles. The molecule has 0 spiro atoms. The molecule has 6 heteroatoms. The third-order valence-corrected chi connectivity index (χ3v) is 5.83. The first kappa shape index (κ1) is 15.2. The Morgan fingerprint density at radius 2 is 1.84 bits per heavy atom. The summed E-state index contributed by atoms with van der Waals surface area (Å²) in [7, 11) is -3.42. The molecule has 3 unspecified atom stereocenters. The van der Waals surface area contributed by atoms with Gasteiger partial charge in [0.05, 0.1) is 16.5 Å². The van der Waals surface area contributed by atoms with E-state index in [-0.39, 0.29) is 11.2 Å². The Morgan fingerprint density at radius 1 is 1.21 bits per heavy atom. The molecule has 3 N–H and O–H groups in total. The van der Waals surface area contributed by atoms with E-state index in [0.29, 0.717) is 24.9 Å². The fourth-order valence-electron chi connectivity index (χ4n) is 3.71. The average molecular weight is 290 g/mol. The summed E-state index contributed by atoms with van der Waals surface area (Å²) >= 11 is 0. The van der Waals surface area contributed by atoms with Crippen LogP contribution in [0, 0.1) is 5.92 Å². The van der Waals surface area contributed by atoms with E-state index in [1.807, 2.05) is 0 Å². The van der Waals surface area contributed by atoms with Crippen LogP contribution in [0.5, 0.6) is 0 Å². The second-order valence-electron chi connectivity index (χ2n) is 7.08. The highest BCUT2D eigenvalue weighted by molar-refractivity contribution is 7.89. The first-order valence-electron chi connectivity index (χ1n) is 6.96. The van der Waals surface area contributed by atoms with Gasteiger partial charge < -0.3 is 10.1 Å². The van der Waals surface area contributed by atoms with Gasteiger partial charge in [-0.05, 0) is 47.0 Å². The fraction of sp³-hybridized carbons (Fsp3) is 1.00. The minimum Gasteiger partial charge on any atom is -0.369 e. The predicted octanol–water partition coefficient (Wildman–Crippen LogP) is 0.989. The van der Waals surface area contributed by atoms with E-state index in [1.165, 1.54) is 0 Å². The lowest BCUT2D eigenvalue weighted by Gasteiger charge is -2.37. The van der Waals surface area contributed by atoms with Crippen molar-refractivity contribution in [2.45, 2.75) is 69.5 Å². The molecule has 0 aromatic heterocycles. The van der Waals surface area contributed by atoms with E-state index in [9.17, 15) is 8.42 Å². The van der Waals surface area contributed by atoms with Crippen LogP contribution in [0.2, 0.25) is 0 Å². The predicted molar refractivity (Wildman–Crippen MR) is 75.3 cm³/mol. The molecular formula is C13H26N2O3S. The van der Waals surface area contributed by atoms with Gasteiger partial charge in [0, 0.05) is 18.5 Å². The number of nitrogens with one attached hydrogen (secondary N) is 1. The van der Waals surface area contributed by atoms with E-state index >= 15 is 0 Å². The third-order valence-electron chi connectivity index (χ3n) is 4.50. The Morgan fingerprint density at radius 3 is 2.21 bits per heavy atom. The highest BCUT2D eigenvalue weighted by Gasteiger charge is 2.49. The van der Waals surface area contributed by atoms with Crippen molar-refractivity contribution in [3.05, 3.63) is 0 Å². The van der Waals surface area contributed by atoms with Crippen molar-refractivity contribution in [1.29, 1.82) is 0 Å². The molecule has 0 radical (unpaired) electrons. The summed E-state index contributed by atoms with van der Waals surface area (Å²) in [5.74, 6) is 0.406. The van der Waals surface area contributed by atoms with Gasteiger partial charge in [-0.2, -0.15) is 0 Å². The summed E-state index contributed by atoms with van der Waals surface area (Å²) in [6.45, 7) is 8.94. The van der Waals surface area contributed by atoms with E-state index in [4.69, 9.17) is 9.88 Å². The van der Waals surface area contributed by atoms with Crippen molar-refractivity contribution in [3.63, 3.8) is 0 Å². The second-order valence-corrected chi connectivity index (χ2v) is 8.92. The standard InChI is InChI=1S/C13H26N2O3S/c1-12(2)7-10(13(3,4)18-12)11-6-5-9(8-15-11)19(14,16)17/h9-11,15H,5-8H2,1-4H3,(H2,14,16,17). The molecule has 0 aromatic rings. The lowest BCUT2D eigenvalue weighted by Crippen LogP contribution is -2.52. The Labute approximate surface area is 116 Å². The quantitative estimate of drug-likeness (QED) is 0.794. The number of ether oxygens (including phenoxy) is 1. The van der Waals surface area contributed by atoms with Crippen molar-refractivity contribution >= 4 is 10.0 Å². The maximum Gasteiger partial charge on any atom is 0.213 e. The first-order chi connectivity index (χ1) is 8.51. The van der Waals surface area contributed by atoms with Gasteiger partial charge in [0.15, 0.2) is 0 Å². The molecule has 2 rings (SSSR count). The second kappa shape index (κ2) is 4.69. The lowest BCUT2D eigenvalue weighted by molar-refractivity contribution is -0.0783. The van der Waals surface area contributed by atoms with Crippen molar-refractivity contribution in [2.24, 2.45) is 11.1 Å². The number of sulfonamides is 1. The van der Waals surface area contributed by atoms with Crippen LogP contribution in [0.3, 0.4) is 0 Å². The highest BCUT2D eigenvalue weighted by Crippen LogP contribution is 2.44. The van der Waals surface area contributed by atoms with Crippen LogP contribution in [-0.2, 0) is 14.8 Å². The molecule has 2 aliphatic rings. The molecule has 112 valence electrons. The Kier molecular flexibility index (Phi) is 3.75. The van der Waals surface area contributed by atoms with E-state index in [1.54, 1.807) is 0 Å². The molecule has 19 heavy (non-hydrogen) atoms. The Hall–Kier alpha value is -0.170. The number of hydrogen-bond donors (Lipinski definition) is 2. The molecule has 2 heterocycles. The zero-order chi connectivity index (χ0) is 14.5. The largest absolute Gasteiger partial charge is 0.369 e. The summed E-state index contributed by atoms with van der Waals surface area (Å²) in [5, 5.41) is 8.14. The minimum absolute atomic E-state index is 0.105. The van der Waals surface area contributed by atoms with Crippen LogP contribution >= 0.6 is 0 Å². The van der Waals surface area contributed by atoms with E-state index in [2.05, 4.69) is 33.0 Å². The van der Waals surface area contributed by atoms with Crippen LogP contribution in [0.15, 0.2) is 0 Å². The number of primary sulfonamides is 1. The lowest BCUT2D eigenvalue weighted by atomic mass is 9.79. The normalized spacial score (nSPS) is 38.3. The van der Waals surface area contributed by atoms with Gasteiger partial charge in [-0.3, -0.25) is 0 Å².